The van der Waals surface area contributed by atoms with E-state index in [-0.39, 0.29) is 0 Å². The van der Waals surface area contributed by atoms with Gasteiger partial charge in [0.25, 0.3) is 0 Å². The van der Waals surface area contributed by atoms with Crippen LogP contribution in [-0.4, -0.2) is 17.5 Å². The highest BCUT2D eigenvalue weighted by molar-refractivity contribution is 9.10. The molecule has 0 aliphatic carbocycles. The van der Waals surface area contributed by atoms with Gasteiger partial charge >= 0.3 is 0 Å². The van der Waals surface area contributed by atoms with E-state index in [0.717, 1.165) is 15.8 Å². The van der Waals surface area contributed by atoms with Gasteiger partial charge in [0.05, 0.1) is 0 Å². The van der Waals surface area contributed by atoms with Crippen LogP contribution in [0.25, 0.3) is 0 Å². The van der Waals surface area contributed by atoms with Gasteiger partial charge in [-0.1, -0.05) is 21.1 Å². The van der Waals surface area contributed by atoms with E-state index in [0.29, 0.717) is 12.3 Å². The van der Waals surface area contributed by atoms with Gasteiger partial charge in [-0.05, 0) is 18.2 Å². The van der Waals surface area contributed by atoms with E-state index in [9.17, 15) is 0 Å². The summed E-state index contributed by atoms with van der Waals surface area (Å²) in [6, 6.07) is 5.60. The van der Waals surface area contributed by atoms with E-state index in [4.69, 9.17) is 9.94 Å². The first kappa shape index (κ1) is 7.61. The van der Waals surface area contributed by atoms with Crippen molar-refractivity contribution < 1.29 is 9.94 Å². The Labute approximate surface area is 77.8 Å². The predicted molar refractivity (Wildman–Crippen MR) is 48.0 cm³/mol. The molecule has 0 amide bonds. The van der Waals surface area contributed by atoms with E-state index >= 15 is 0 Å². The molecule has 0 saturated carbocycles. The fourth-order valence-electron chi connectivity index (χ4n) is 1.16. The highest BCUT2D eigenvalue weighted by Crippen LogP contribution is 2.28. The lowest BCUT2D eigenvalue weighted by atomic mass is 10.1. The summed E-state index contributed by atoms with van der Waals surface area (Å²) in [6.07, 6.45) is 0. The number of halogens is 1. The molecule has 1 N–H and O–H groups in total. The Morgan fingerprint density at radius 3 is 3.08 bits per heavy atom. The average Bonchev–Trinajstić information content (AvgIpc) is 2.46. The maximum Gasteiger partial charge on any atom is 0.134 e. The van der Waals surface area contributed by atoms with Crippen molar-refractivity contribution in [3.05, 3.63) is 28.2 Å². The van der Waals surface area contributed by atoms with Gasteiger partial charge in [-0.15, -0.1) is 0 Å². The Kier molecular flexibility index (Phi) is 1.77. The zero-order valence-corrected chi connectivity index (χ0v) is 7.71. The molecule has 0 saturated heterocycles. The van der Waals surface area contributed by atoms with Gasteiger partial charge in [0.1, 0.15) is 18.1 Å². The molecule has 0 unspecified atom stereocenters. The number of hydrogen-bond donors (Lipinski definition) is 1. The van der Waals surface area contributed by atoms with Crippen molar-refractivity contribution in [2.75, 3.05) is 6.61 Å². The molecular formula is C8H6BrNO2. The molecule has 3 nitrogen and oxygen atoms in total. The van der Waals surface area contributed by atoms with Gasteiger partial charge in [-0.2, -0.15) is 0 Å². The van der Waals surface area contributed by atoms with Crippen molar-refractivity contribution in [1.29, 1.82) is 0 Å². The normalized spacial score (nSPS) is 17.6. The van der Waals surface area contributed by atoms with Gasteiger partial charge in [0.2, 0.25) is 0 Å². The molecule has 0 fully saturated rings. The quantitative estimate of drug-likeness (QED) is 0.545. The lowest BCUT2D eigenvalue weighted by Crippen LogP contribution is -2.01. The van der Waals surface area contributed by atoms with Crippen molar-refractivity contribution in [1.82, 2.24) is 0 Å². The first-order valence-corrected chi connectivity index (χ1v) is 4.24. The third kappa shape index (κ3) is 1.08. The van der Waals surface area contributed by atoms with Crippen molar-refractivity contribution in [2.24, 2.45) is 5.16 Å². The van der Waals surface area contributed by atoms with Crippen LogP contribution in [0.1, 0.15) is 5.56 Å². The maximum absolute atomic E-state index is 8.58. The molecule has 1 heterocycles. The molecule has 12 heavy (non-hydrogen) atoms. The summed E-state index contributed by atoms with van der Waals surface area (Å²) in [6.45, 7) is 0.349. The van der Waals surface area contributed by atoms with Crippen molar-refractivity contribution >= 4 is 21.6 Å². The van der Waals surface area contributed by atoms with Gasteiger partial charge < -0.3 is 9.94 Å². The molecule has 1 aliphatic heterocycles. The van der Waals surface area contributed by atoms with E-state index in [1.165, 1.54) is 0 Å². The molecule has 0 bridgehead atoms. The first-order valence-electron chi connectivity index (χ1n) is 3.45. The van der Waals surface area contributed by atoms with Gasteiger partial charge in [-0.25, -0.2) is 0 Å². The summed E-state index contributed by atoms with van der Waals surface area (Å²) in [7, 11) is 0. The number of benzene rings is 1. The lowest BCUT2D eigenvalue weighted by Gasteiger charge is -1.96. The molecule has 1 aromatic rings. The minimum Gasteiger partial charge on any atom is -0.486 e. The molecule has 0 atom stereocenters. The van der Waals surface area contributed by atoms with Crippen LogP contribution in [0.15, 0.2) is 27.8 Å². The van der Waals surface area contributed by atoms with Gasteiger partial charge in [0.15, 0.2) is 0 Å². The maximum atomic E-state index is 8.58. The van der Waals surface area contributed by atoms with E-state index in [1.54, 1.807) is 0 Å². The minimum absolute atomic E-state index is 0.349. The Bertz CT molecular complexity index is 349. The first-order chi connectivity index (χ1) is 5.81. The number of nitrogens with zero attached hydrogens (tertiary/aromatic N) is 1. The summed E-state index contributed by atoms with van der Waals surface area (Å²) in [5.74, 6) is 0.761. The zero-order valence-electron chi connectivity index (χ0n) is 6.12. The van der Waals surface area contributed by atoms with Crippen LogP contribution in [0.4, 0.5) is 0 Å². The monoisotopic (exact) mass is 227 g/mol. The summed E-state index contributed by atoms with van der Waals surface area (Å²) in [4.78, 5) is 0. The second-order valence-electron chi connectivity index (χ2n) is 2.48. The van der Waals surface area contributed by atoms with Crippen molar-refractivity contribution in [3.63, 3.8) is 0 Å². The summed E-state index contributed by atoms with van der Waals surface area (Å²) < 4.78 is 6.22. The molecule has 62 valence electrons. The summed E-state index contributed by atoms with van der Waals surface area (Å²) in [5.41, 5.74) is 1.44. The van der Waals surface area contributed by atoms with E-state index < -0.39 is 0 Å². The van der Waals surface area contributed by atoms with Crippen LogP contribution in [0, 0.1) is 0 Å². The Balaban J connectivity index is 2.55. The fourth-order valence-corrected chi connectivity index (χ4v) is 1.50. The highest BCUT2D eigenvalue weighted by Gasteiger charge is 2.19. The number of hydrogen-bond acceptors (Lipinski definition) is 3. The third-order valence-electron chi connectivity index (χ3n) is 1.74. The highest BCUT2D eigenvalue weighted by atomic mass is 79.9. The number of oxime groups is 1. The predicted octanol–water partition coefficient (Wildman–Crippen LogP) is 2.02. The van der Waals surface area contributed by atoms with Gasteiger partial charge in [-0.3, -0.25) is 0 Å². The average molecular weight is 228 g/mol. The summed E-state index contributed by atoms with van der Waals surface area (Å²) >= 11 is 3.32. The third-order valence-corrected chi connectivity index (χ3v) is 2.23. The minimum atomic E-state index is 0.349. The largest absolute Gasteiger partial charge is 0.486 e. The van der Waals surface area contributed by atoms with Crippen LogP contribution < -0.4 is 4.74 Å². The van der Waals surface area contributed by atoms with Gasteiger partial charge in [0, 0.05) is 10.0 Å². The zero-order chi connectivity index (χ0) is 8.55. The SMILES string of the molecule is O/N=C1\COc2cc(Br)ccc21. The number of fused-ring (bicyclic) bond motifs is 1. The fraction of sp³-hybridized carbons (Fsp3) is 0.125. The van der Waals surface area contributed by atoms with Crippen LogP contribution in [0.5, 0.6) is 5.75 Å². The molecule has 4 heteroatoms. The van der Waals surface area contributed by atoms with Crippen molar-refractivity contribution in [3.8, 4) is 5.75 Å². The molecular weight excluding hydrogens is 222 g/mol. The molecule has 2 rings (SSSR count). The molecule has 0 radical (unpaired) electrons. The van der Waals surface area contributed by atoms with Crippen LogP contribution in [0.2, 0.25) is 0 Å². The second kappa shape index (κ2) is 2.79. The molecule has 1 aromatic carbocycles. The Morgan fingerprint density at radius 1 is 1.50 bits per heavy atom. The standard InChI is InChI=1S/C8H6BrNO2/c9-5-1-2-6-7(10-11)4-12-8(6)3-5/h1-3,11H,4H2/b10-7+. The van der Waals surface area contributed by atoms with Crippen LogP contribution in [0.3, 0.4) is 0 Å². The molecule has 0 aromatic heterocycles. The van der Waals surface area contributed by atoms with Crippen LogP contribution >= 0.6 is 15.9 Å². The second-order valence-corrected chi connectivity index (χ2v) is 3.39. The number of rotatable bonds is 0. The Hall–Kier alpha value is -1.03. The van der Waals surface area contributed by atoms with Crippen LogP contribution in [-0.2, 0) is 0 Å². The van der Waals surface area contributed by atoms with E-state index in [2.05, 4.69) is 21.1 Å². The summed E-state index contributed by atoms with van der Waals surface area (Å²) in [5, 5.41) is 11.7. The lowest BCUT2D eigenvalue weighted by molar-refractivity contribution is 0.313. The van der Waals surface area contributed by atoms with E-state index in [1.807, 2.05) is 18.2 Å². The van der Waals surface area contributed by atoms with Crippen molar-refractivity contribution in [2.45, 2.75) is 0 Å². The smallest absolute Gasteiger partial charge is 0.134 e. The number of ether oxygens (including phenoxy) is 1. The molecule has 0 spiro atoms. The molecule has 1 aliphatic rings. The Morgan fingerprint density at radius 2 is 2.33 bits per heavy atom. The topological polar surface area (TPSA) is 41.8 Å².